The van der Waals surface area contributed by atoms with Crippen LogP contribution >= 0.6 is 0 Å². The summed E-state index contributed by atoms with van der Waals surface area (Å²) < 4.78 is 17.8. The summed E-state index contributed by atoms with van der Waals surface area (Å²) in [5.41, 5.74) is 5.13. The summed E-state index contributed by atoms with van der Waals surface area (Å²) in [7, 11) is 1.70. The number of carbonyl (C=O) groups is 1. The predicted molar refractivity (Wildman–Crippen MR) is 122 cm³/mol. The number of carbonyl (C=O) groups excluding carboxylic acids is 1. The summed E-state index contributed by atoms with van der Waals surface area (Å²) in [6.07, 6.45) is 2.75. The van der Waals surface area contributed by atoms with Gasteiger partial charge in [0.25, 0.3) is 0 Å². The van der Waals surface area contributed by atoms with E-state index in [1.165, 1.54) is 15.4 Å². The van der Waals surface area contributed by atoms with Gasteiger partial charge in [0.05, 0.1) is 18.1 Å². The minimum atomic E-state index is -0.520. The van der Waals surface area contributed by atoms with E-state index in [-0.39, 0.29) is 17.8 Å². The number of rotatable bonds is 5. The minimum Gasteiger partial charge on any atom is -0.292 e. The van der Waals surface area contributed by atoms with Crippen molar-refractivity contribution in [3.05, 3.63) is 89.3 Å². The molecule has 5 aromatic rings. The fourth-order valence-corrected chi connectivity index (χ4v) is 3.98. The molecule has 0 saturated carbocycles. The van der Waals surface area contributed by atoms with Crippen LogP contribution in [0.25, 0.3) is 28.3 Å². The highest BCUT2D eigenvalue weighted by Crippen LogP contribution is 2.25. The number of nitrogens with zero attached hydrogens (tertiary/aromatic N) is 6. The molecule has 4 aromatic heterocycles. The number of benzene rings is 1. The standard InChI is InChI=1S/C25H21FN6O/c1-15-9-16(2)28-21(10-15)19-13-27-31(3)24(19)22(33)11-18-12-23-29-25(17-7-5-4-6-8-17)30-32(23)14-20(18)26/h4-10,12-14H,11H2,1-3H3. The van der Waals surface area contributed by atoms with Crippen LogP contribution in [0.3, 0.4) is 0 Å². The van der Waals surface area contributed by atoms with Gasteiger partial charge in [-0.25, -0.2) is 13.9 Å². The maximum atomic E-state index is 14.9. The molecule has 0 radical (unpaired) electrons. The highest BCUT2D eigenvalue weighted by atomic mass is 19.1. The number of halogens is 1. The highest BCUT2D eigenvalue weighted by molar-refractivity contribution is 6.01. The van der Waals surface area contributed by atoms with Gasteiger partial charge in [-0.3, -0.25) is 14.5 Å². The smallest absolute Gasteiger partial charge is 0.186 e. The molecule has 0 amide bonds. The van der Waals surface area contributed by atoms with Crippen LogP contribution in [0.5, 0.6) is 0 Å². The zero-order valence-electron chi connectivity index (χ0n) is 18.5. The van der Waals surface area contributed by atoms with Crippen LogP contribution in [0.2, 0.25) is 0 Å². The molecule has 0 unspecified atom stereocenters. The first-order valence-corrected chi connectivity index (χ1v) is 10.5. The normalized spacial score (nSPS) is 11.3. The third-order valence-electron chi connectivity index (χ3n) is 5.46. The predicted octanol–water partition coefficient (Wildman–Crippen LogP) is 4.37. The lowest BCUT2D eigenvalue weighted by molar-refractivity contribution is 0.0983. The number of pyridine rings is 2. The lowest BCUT2D eigenvalue weighted by Crippen LogP contribution is -2.12. The summed E-state index contributed by atoms with van der Waals surface area (Å²) in [4.78, 5) is 22.3. The van der Waals surface area contributed by atoms with E-state index in [2.05, 4.69) is 20.2 Å². The molecular formula is C25H21FN6O. The van der Waals surface area contributed by atoms with E-state index in [1.807, 2.05) is 56.3 Å². The molecule has 0 spiro atoms. The second-order valence-corrected chi connectivity index (χ2v) is 8.05. The second-order valence-electron chi connectivity index (χ2n) is 8.05. The number of aromatic nitrogens is 6. The van der Waals surface area contributed by atoms with Gasteiger partial charge in [-0.2, -0.15) is 5.10 Å². The van der Waals surface area contributed by atoms with Gasteiger partial charge < -0.3 is 0 Å². The van der Waals surface area contributed by atoms with Crippen molar-refractivity contribution in [1.29, 1.82) is 0 Å². The third-order valence-corrected chi connectivity index (χ3v) is 5.46. The Morgan fingerprint density at radius 1 is 1.06 bits per heavy atom. The fraction of sp³-hybridized carbons (Fsp3) is 0.160. The van der Waals surface area contributed by atoms with Gasteiger partial charge in [0.15, 0.2) is 17.3 Å². The lowest BCUT2D eigenvalue weighted by Gasteiger charge is -2.08. The number of ketones is 1. The first kappa shape index (κ1) is 20.7. The largest absolute Gasteiger partial charge is 0.292 e. The number of aryl methyl sites for hydroxylation is 3. The van der Waals surface area contributed by atoms with Crippen molar-refractivity contribution in [3.8, 4) is 22.6 Å². The van der Waals surface area contributed by atoms with E-state index in [0.29, 0.717) is 28.4 Å². The van der Waals surface area contributed by atoms with Gasteiger partial charge in [-0.1, -0.05) is 30.3 Å². The van der Waals surface area contributed by atoms with Crippen LogP contribution in [0, 0.1) is 19.7 Å². The molecule has 0 aliphatic heterocycles. The zero-order chi connectivity index (χ0) is 23.1. The van der Waals surface area contributed by atoms with E-state index in [9.17, 15) is 9.18 Å². The maximum absolute atomic E-state index is 14.9. The molecule has 8 heteroatoms. The van der Waals surface area contributed by atoms with Crippen LogP contribution in [-0.2, 0) is 13.5 Å². The Hall–Kier alpha value is -4.20. The topological polar surface area (TPSA) is 78.0 Å². The van der Waals surface area contributed by atoms with Gasteiger partial charge in [-0.05, 0) is 37.6 Å². The monoisotopic (exact) mass is 440 g/mol. The van der Waals surface area contributed by atoms with Crippen LogP contribution in [0.4, 0.5) is 4.39 Å². The van der Waals surface area contributed by atoms with Crippen LogP contribution < -0.4 is 0 Å². The molecule has 1 aromatic carbocycles. The third kappa shape index (κ3) is 3.91. The summed E-state index contributed by atoms with van der Waals surface area (Å²) in [5, 5.41) is 8.62. The Morgan fingerprint density at radius 3 is 2.61 bits per heavy atom. The molecule has 0 N–H and O–H groups in total. The SMILES string of the molecule is Cc1cc(C)nc(-c2cnn(C)c2C(=O)Cc2cc3nc(-c4ccccc4)nn3cc2F)c1. The van der Waals surface area contributed by atoms with Gasteiger partial charge >= 0.3 is 0 Å². The highest BCUT2D eigenvalue weighted by Gasteiger charge is 2.22. The quantitative estimate of drug-likeness (QED) is 0.379. The molecule has 0 aliphatic carbocycles. The summed E-state index contributed by atoms with van der Waals surface area (Å²) in [5.74, 6) is -0.279. The van der Waals surface area contributed by atoms with Crippen molar-refractivity contribution in [3.63, 3.8) is 0 Å². The molecule has 33 heavy (non-hydrogen) atoms. The number of fused-ring (bicyclic) bond motifs is 1. The Labute approximate surface area is 189 Å². The van der Waals surface area contributed by atoms with Crippen molar-refractivity contribution in [2.45, 2.75) is 20.3 Å². The van der Waals surface area contributed by atoms with Gasteiger partial charge in [0.2, 0.25) is 0 Å². The Bertz CT molecular complexity index is 1480. The number of hydrogen-bond donors (Lipinski definition) is 0. The first-order chi connectivity index (χ1) is 15.9. The van der Waals surface area contributed by atoms with Crippen molar-refractivity contribution in [1.82, 2.24) is 29.4 Å². The van der Waals surface area contributed by atoms with E-state index in [1.54, 1.807) is 19.3 Å². The summed E-state index contributed by atoms with van der Waals surface area (Å²) >= 11 is 0. The van der Waals surface area contributed by atoms with E-state index in [0.717, 1.165) is 16.8 Å². The van der Waals surface area contributed by atoms with Crippen LogP contribution in [0.1, 0.15) is 27.3 Å². The molecular weight excluding hydrogens is 419 g/mol. The fourth-order valence-electron chi connectivity index (χ4n) is 3.98. The summed E-state index contributed by atoms with van der Waals surface area (Å²) in [6, 6.07) is 14.9. The van der Waals surface area contributed by atoms with Gasteiger partial charge in [0, 0.05) is 35.9 Å². The molecule has 0 fully saturated rings. The molecule has 5 rings (SSSR count). The zero-order valence-corrected chi connectivity index (χ0v) is 18.5. The van der Waals surface area contributed by atoms with Crippen molar-refractivity contribution >= 4 is 11.4 Å². The van der Waals surface area contributed by atoms with Crippen LogP contribution in [-0.4, -0.2) is 35.1 Å². The second kappa shape index (κ2) is 8.05. The molecule has 0 aliphatic rings. The first-order valence-electron chi connectivity index (χ1n) is 10.5. The molecule has 0 bridgehead atoms. The van der Waals surface area contributed by atoms with E-state index < -0.39 is 5.82 Å². The molecule has 164 valence electrons. The average Bonchev–Trinajstić information content (AvgIpc) is 3.37. The van der Waals surface area contributed by atoms with Crippen LogP contribution in [0.15, 0.2) is 60.9 Å². The molecule has 0 saturated heterocycles. The molecule has 7 nitrogen and oxygen atoms in total. The molecule has 4 heterocycles. The Kier molecular flexibility index (Phi) is 5.05. The van der Waals surface area contributed by atoms with E-state index in [4.69, 9.17) is 0 Å². The maximum Gasteiger partial charge on any atom is 0.186 e. The van der Waals surface area contributed by atoms with Crippen molar-refractivity contribution in [2.24, 2.45) is 7.05 Å². The van der Waals surface area contributed by atoms with Crippen molar-refractivity contribution in [2.75, 3.05) is 0 Å². The Morgan fingerprint density at radius 2 is 1.85 bits per heavy atom. The molecule has 0 atom stereocenters. The lowest BCUT2D eigenvalue weighted by atomic mass is 10.0. The Balaban J connectivity index is 1.50. The average molecular weight is 440 g/mol. The minimum absolute atomic E-state index is 0.132. The van der Waals surface area contributed by atoms with Gasteiger partial charge in [0.1, 0.15) is 11.5 Å². The number of hydrogen-bond acceptors (Lipinski definition) is 5. The number of Topliss-reactive ketones (excluding diaryl/α,β-unsaturated/α-hetero) is 1. The van der Waals surface area contributed by atoms with Crippen molar-refractivity contribution < 1.29 is 9.18 Å². The summed E-state index contributed by atoms with van der Waals surface area (Å²) in [6.45, 7) is 3.88. The van der Waals surface area contributed by atoms with E-state index >= 15 is 0 Å². The van der Waals surface area contributed by atoms with Gasteiger partial charge in [-0.15, -0.1) is 5.10 Å².